The third kappa shape index (κ3) is 7.29. The van der Waals surface area contributed by atoms with Gasteiger partial charge in [0.25, 0.3) is 0 Å². The van der Waals surface area contributed by atoms with E-state index in [0.29, 0.717) is 12.3 Å². The minimum absolute atomic E-state index is 0.111. The van der Waals surface area contributed by atoms with Crippen molar-refractivity contribution in [2.75, 3.05) is 19.6 Å². The van der Waals surface area contributed by atoms with E-state index in [4.69, 9.17) is 4.74 Å². The Morgan fingerprint density at radius 3 is 2.63 bits per heavy atom. The standard InChI is InChI=1S/C20H30FN5O/c1-5-22-20(23-11-6-12-26-16(3)13-15(2)25-26)24-14-17(4)27-19-9-7-18(21)8-10-19/h7-10,13,17H,5-6,11-12,14H2,1-4H3,(H2,22,23,24). The van der Waals surface area contributed by atoms with Gasteiger partial charge in [0.2, 0.25) is 0 Å². The zero-order valence-corrected chi connectivity index (χ0v) is 16.6. The highest BCUT2D eigenvalue weighted by Gasteiger charge is 2.05. The van der Waals surface area contributed by atoms with Gasteiger partial charge in [-0.3, -0.25) is 4.68 Å². The molecule has 1 aromatic heterocycles. The van der Waals surface area contributed by atoms with Gasteiger partial charge in [0.1, 0.15) is 17.7 Å². The molecular formula is C20H30FN5O. The first-order valence-electron chi connectivity index (χ1n) is 9.43. The number of ether oxygens (including phenoxy) is 1. The van der Waals surface area contributed by atoms with E-state index in [9.17, 15) is 4.39 Å². The third-order valence-electron chi connectivity index (χ3n) is 3.94. The van der Waals surface area contributed by atoms with Crippen LogP contribution in [0.5, 0.6) is 5.75 Å². The summed E-state index contributed by atoms with van der Waals surface area (Å²) in [4.78, 5) is 4.57. The van der Waals surface area contributed by atoms with E-state index >= 15 is 0 Å². The van der Waals surface area contributed by atoms with Gasteiger partial charge in [0, 0.05) is 25.3 Å². The van der Waals surface area contributed by atoms with Crippen molar-refractivity contribution < 1.29 is 9.13 Å². The summed E-state index contributed by atoms with van der Waals surface area (Å²) in [5.41, 5.74) is 2.23. The number of hydrogen-bond donors (Lipinski definition) is 2. The Morgan fingerprint density at radius 2 is 2.00 bits per heavy atom. The summed E-state index contributed by atoms with van der Waals surface area (Å²) in [6.07, 6.45) is 0.842. The fraction of sp³-hybridized carbons (Fsp3) is 0.500. The van der Waals surface area contributed by atoms with Crippen LogP contribution in [-0.4, -0.2) is 41.5 Å². The van der Waals surface area contributed by atoms with Crippen LogP contribution in [0.4, 0.5) is 4.39 Å². The summed E-state index contributed by atoms with van der Waals surface area (Å²) >= 11 is 0. The van der Waals surface area contributed by atoms with E-state index in [1.54, 1.807) is 12.1 Å². The van der Waals surface area contributed by atoms with Crippen LogP contribution in [0, 0.1) is 19.7 Å². The first-order valence-corrected chi connectivity index (χ1v) is 9.43. The zero-order valence-electron chi connectivity index (χ0n) is 16.6. The minimum Gasteiger partial charge on any atom is -0.489 e. The summed E-state index contributed by atoms with van der Waals surface area (Å²) in [7, 11) is 0. The monoisotopic (exact) mass is 375 g/mol. The molecule has 6 nitrogen and oxygen atoms in total. The molecule has 1 heterocycles. The molecule has 0 saturated carbocycles. The summed E-state index contributed by atoms with van der Waals surface area (Å²) in [6, 6.07) is 8.11. The Labute approximate surface area is 160 Å². The Kier molecular flexibility index (Phi) is 8.10. The van der Waals surface area contributed by atoms with Gasteiger partial charge in [-0.1, -0.05) is 0 Å². The molecular weight excluding hydrogens is 345 g/mol. The normalized spacial score (nSPS) is 12.7. The molecule has 0 saturated heterocycles. The molecule has 0 aliphatic carbocycles. The van der Waals surface area contributed by atoms with Crippen LogP contribution in [-0.2, 0) is 6.54 Å². The molecule has 1 atom stereocenters. The van der Waals surface area contributed by atoms with Crippen molar-refractivity contribution >= 4 is 5.96 Å². The van der Waals surface area contributed by atoms with E-state index in [0.717, 1.165) is 37.7 Å². The zero-order chi connectivity index (χ0) is 19.6. The van der Waals surface area contributed by atoms with Gasteiger partial charge in [-0.15, -0.1) is 0 Å². The van der Waals surface area contributed by atoms with Crippen LogP contribution in [0.15, 0.2) is 35.3 Å². The number of aryl methyl sites for hydroxylation is 3. The van der Waals surface area contributed by atoms with Gasteiger partial charge in [-0.05, 0) is 64.4 Å². The molecule has 2 rings (SSSR count). The average molecular weight is 375 g/mol. The van der Waals surface area contributed by atoms with Crippen molar-refractivity contribution in [3.8, 4) is 5.75 Å². The van der Waals surface area contributed by atoms with Crippen LogP contribution in [0.2, 0.25) is 0 Å². The van der Waals surface area contributed by atoms with E-state index in [2.05, 4.69) is 33.7 Å². The van der Waals surface area contributed by atoms with Gasteiger partial charge in [-0.2, -0.15) is 5.10 Å². The highest BCUT2D eigenvalue weighted by molar-refractivity contribution is 5.79. The number of hydrogen-bond acceptors (Lipinski definition) is 3. The number of halogens is 1. The van der Waals surface area contributed by atoms with Crippen LogP contribution in [0.3, 0.4) is 0 Å². The molecule has 2 aromatic rings. The molecule has 0 fully saturated rings. The molecule has 0 bridgehead atoms. The number of aliphatic imine (C=N–C) groups is 1. The lowest BCUT2D eigenvalue weighted by atomic mass is 10.3. The lowest BCUT2D eigenvalue weighted by Crippen LogP contribution is -2.38. The molecule has 0 amide bonds. The van der Waals surface area contributed by atoms with Crippen molar-refractivity contribution in [3.63, 3.8) is 0 Å². The molecule has 0 spiro atoms. The van der Waals surface area contributed by atoms with Crippen LogP contribution in [0.25, 0.3) is 0 Å². The molecule has 2 N–H and O–H groups in total. The van der Waals surface area contributed by atoms with Crippen molar-refractivity contribution in [2.24, 2.45) is 4.99 Å². The van der Waals surface area contributed by atoms with E-state index in [-0.39, 0.29) is 11.9 Å². The lowest BCUT2D eigenvalue weighted by molar-refractivity contribution is 0.230. The van der Waals surface area contributed by atoms with Crippen molar-refractivity contribution in [2.45, 2.75) is 46.8 Å². The van der Waals surface area contributed by atoms with Crippen LogP contribution >= 0.6 is 0 Å². The van der Waals surface area contributed by atoms with Gasteiger partial charge < -0.3 is 15.4 Å². The fourth-order valence-electron chi connectivity index (χ4n) is 2.68. The molecule has 148 valence electrons. The van der Waals surface area contributed by atoms with Gasteiger partial charge >= 0.3 is 0 Å². The molecule has 7 heteroatoms. The van der Waals surface area contributed by atoms with Crippen molar-refractivity contribution in [1.29, 1.82) is 0 Å². The highest BCUT2D eigenvalue weighted by atomic mass is 19.1. The minimum atomic E-state index is -0.271. The Balaban J connectivity index is 1.77. The number of aromatic nitrogens is 2. The fourth-order valence-corrected chi connectivity index (χ4v) is 2.68. The van der Waals surface area contributed by atoms with E-state index in [1.807, 2.05) is 25.5 Å². The molecule has 27 heavy (non-hydrogen) atoms. The molecule has 0 aliphatic heterocycles. The Morgan fingerprint density at radius 1 is 1.26 bits per heavy atom. The maximum atomic E-state index is 12.9. The number of rotatable bonds is 9. The highest BCUT2D eigenvalue weighted by Crippen LogP contribution is 2.13. The average Bonchev–Trinajstić information content (AvgIpc) is 2.95. The second kappa shape index (κ2) is 10.5. The third-order valence-corrected chi connectivity index (χ3v) is 3.94. The van der Waals surface area contributed by atoms with Gasteiger partial charge in [0.15, 0.2) is 5.96 Å². The maximum absolute atomic E-state index is 12.9. The molecule has 0 radical (unpaired) electrons. The predicted octanol–water partition coefficient (Wildman–Crippen LogP) is 3.05. The lowest BCUT2D eigenvalue weighted by Gasteiger charge is -2.15. The van der Waals surface area contributed by atoms with Gasteiger partial charge in [-0.25, -0.2) is 9.38 Å². The maximum Gasteiger partial charge on any atom is 0.191 e. The summed E-state index contributed by atoms with van der Waals surface area (Å²) in [5.74, 6) is 1.13. The summed E-state index contributed by atoms with van der Waals surface area (Å²) in [5, 5.41) is 11.0. The summed E-state index contributed by atoms with van der Waals surface area (Å²) < 4.78 is 20.7. The number of guanidine groups is 1. The first-order chi connectivity index (χ1) is 13.0. The molecule has 1 aromatic carbocycles. The van der Waals surface area contributed by atoms with Crippen LogP contribution in [0.1, 0.15) is 31.7 Å². The van der Waals surface area contributed by atoms with Crippen LogP contribution < -0.4 is 15.4 Å². The summed E-state index contributed by atoms with van der Waals surface area (Å²) in [6.45, 7) is 11.0. The first kappa shape index (κ1) is 20.7. The largest absolute Gasteiger partial charge is 0.489 e. The van der Waals surface area contributed by atoms with E-state index in [1.165, 1.54) is 17.8 Å². The predicted molar refractivity (Wildman–Crippen MR) is 107 cm³/mol. The SMILES string of the molecule is CCNC(=NCC(C)Oc1ccc(F)cc1)NCCCn1nc(C)cc1C. The van der Waals surface area contributed by atoms with Crippen molar-refractivity contribution in [1.82, 2.24) is 20.4 Å². The second-order valence-electron chi connectivity index (χ2n) is 6.53. The van der Waals surface area contributed by atoms with Crippen molar-refractivity contribution in [3.05, 3.63) is 47.5 Å². The van der Waals surface area contributed by atoms with Gasteiger partial charge in [0.05, 0.1) is 12.2 Å². The second-order valence-corrected chi connectivity index (χ2v) is 6.53. The quantitative estimate of drug-likeness (QED) is 0.402. The molecule has 0 aliphatic rings. The molecule has 1 unspecified atom stereocenters. The number of benzene rings is 1. The van der Waals surface area contributed by atoms with E-state index < -0.39 is 0 Å². The number of nitrogens with zero attached hydrogens (tertiary/aromatic N) is 3. The Bertz CT molecular complexity index is 726. The topological polar surface area (TPSA) is 63.5 Å². The smallest absolute Gasteiger partial charge is 0.191 e. The number of nitrogens with one attached hydrogen (secondary N) is 2. The Hall–Kier alpha value is -2.57.